The molecule has 3 rings (SSSR count). The Labute approximate surface area is 162 Å². The molecule has 0 saturated heterocycles. The minimum absolute atomic E-state index is 0.135. The summed E-state index contributed by atoms with van der Waals surface area (Å²) in [5.74, 6) is -0.198. The smallest absolute Gasteiger partial charge is 0.227 e. The first-order valence-corrected chi connectivity index (χ1v) is 9.89. The molecule has 0 saturated carbocycles. The molecule has 1 aromatic heterocycles. The number of benzene rings is 1. The highest BCUT2D eigenvalue weighted by Crippen LogP contribution is 2.30. The lowest BCUT2D eigenvalue weighted by Crippen LogP contribution is -2.34. The number of amides is 3. The first-order chi connectivity index (χ1) is 13.0. The van der Waals surface area contributed by atoms with E-state index >= 15 is 0 Å². The third kappa shape index (κ3) is 4.54. The molecule has 142 valence electrons. The first-order valence-electron chi connectivity index (χ1n) is 9.01. The second-order valence-corrected chi connectivity index (χ2v) is 7.48. The number of hydrogen-bond acceptors (Lipinski definition) is 4. The van der Waals surface area contributed by atoms with Gasteiger partial charge >= 0.3 is 0 Å². The number of fused-ring (bicyclic) bond motifs is 1. The zero-order chi connectivity index (χ0) is 19.4. The monoisotopic (exact) mass is 385 g/mol. The van der Waals surface area contributed by atoms with Gasteiger partial charge in [0, 0.05) is 36.1 Å². The van der Waals surface area contributed by atoms with Crippen molar-refractivity contribution in [2.75, 3.05) is 16.8 Å². The number of nitrogens with one attached hydrogen (secondary N) is 2. The van der Waals surface area contributed by atoms with Crippen LogP contribution in [0.15, 0.2) is 35.7 Å². The highest BCUT2D eigenvalue weighted by Gasteiger charge is 2.23. The van der Waals surface area contributed by atoms with E-state index in [1.165, 1.54) is 18.3 Å². The minimum atomic E-state index is -0.340. The van der Waals surface area contributed by atoms with Gasteiger partial charge in [0.05, 0.1) is 12.5 Å². The van der Waals surface area contributed by atoms with Crippen molar-refractivity contribution >= 4 is 40.4 Å². The summed E-state index contributed by atoms with van der Waals surface area (Å²) in [7, 11) is 0. The third-order valence-electron chi connectivity index (χ3n) is 4.53. The molecule has 1 aromatic carbocycles. The van der Waals surface area contributed by atoms with Gasteiger partial charge in [-0.3, -0.25) is 14.4 Å². The third-order valence-corrected chi connectivity index (χ3v) is 5.52. The minimum Gasteiger partial charge on any atom is -0.348 e. The van der Waals surface area contributed by atoms with Crippen LogP contribution < -0.4 is 15.5 Å². The van der Waals surface area contributed by atoms with Crippen LogP contribution in [0, 0.1) is 0 Å². The largest absolute Gasteiger partial charge is 0.348 e. The van der Waals surface area contributed by atoms with E-state index in [2.05, 4.69) is 10.6 Å². The zero-order valence-corrected chi connectivity index (χ0v) is 16.3. The van der Waals surface area contributed by atoms with Crippen molar-refractivity contribution in [1.29, 1.82) is 0 Å². The summed E-state index contributed by atoms with van der Waals surface area (Å²) >= 11 is 1.51. The fourth-order valence-electron chi connectivity index (χ4n) is 3.34. The van der Waals surface area contributed by atoms with E-state index in [0.717, 1.165) is 16.1 Å². The molecule has 2 heterocycles. The number of carbonyl (C=O) groups is 3. The molecule has 0 aliphatic carbocycles. The molecular weight excluding hydrogens is 362 g/mol. The van der Waals surface area contributed by atoms with E-state index in [4.69, 9.17) is 0 Å². The summed E-state index contributed by atoms with van der Waals surface area (Å²) in [5, 5.41) is 7.67. The van der Waals surface area contributed by atoms with E-state index in [9.17, 15) is 14.4 Å². The van der Waals surface area contributed by atoms with Crippen molar-refractivity contribution in [3.8, 4) is 0 Å². The topological polar surface area (TPSA) is 78.5 Å². The molecular formula is C20H23N3O3S. The number of carbonyl (C=O) groups excluding carboxylic acids is 3. The maximum Gasteiger partial charge on any atom is 0.227 e. The average Bonchev–Trinajstić information content (AvgIpc) is 3.15. The summed E-state index contributed by atoms with van der Waals surface area (Å²) in [6.07, 6.45) is 1.33. The van der Waals surface area contributed by atoms with Crippen LogP contribution in [0.2, 0.25) is 0 Å². The summed E-state index contributed by atoms with van der Waals surface area (Å²) in [6, 6.07) is 9.10. The van der Waals surface area contributed by atoms with Gasteiger partial charge in [-0.05, 0) is 48.6 Å². The van der Waals surface area contributed by atoms with Gasteiger partial charge in [0.15, 0.2) is 0 Å². The van der Waals surface area contributed by atoms with Gasteiger partial charge in [-0.1, -0.05) is 6.07 Å². The molecule has 1 aliphatic rings. The molecule has 0 fully saturated rings. The van der Waals surface area contributed by atoms with Gasteiger partial charge in [0.2, 0.25) is 17.7 Å². The van der Waals surface area contributed by atoms with Crippen LogP contribution in [-0.4, -0.2) is 24.3 Å². The Morgan fingerprint density at radius 2 is 2.07 bits per heavy atom. The highest BCUT2D eigenvalue weighted by molar-refractivity contribution is 7.10. The molecule has 7 heteroatoms. The Morgan fingerprint density at radius 3 is 2.74 bits per heavy atom. The fourth-order valence-corrected chi connectivity index (χ4v) is 4.12. The van der Waals surface area contributed by atoms with E-state index in [1.54, 1.807) is 4.90 Å². The Morgan fingerprint density at radius 1 is 1.26 bits per heavy atom. The SMILES string of the molecule is CCN1C(=O)CCc2cc(NC(=O)C[C@H](NC(C)=O)c3cccs3)ccc21. The number of thiophene rings is 1. The number of aryl methyl sites for hydroxylation is 1. The summed E-state index contributed by atoms with van der Waals surface area (Å²) in [4.78, 5) is 38.7. The Balaban J connectivity index is 1.70. The zero-order valence-electron chi connectivity index (χ0n) is 15.5. The van der Waals surface area contributed by atoms with Crippen molar-refractivity contribution in [3.63, 3.8) is 0 Å². The molecule has 1 aliphatic heterocycles. The lowest BCUT2D eigenvalue weighted by molar-refractivity contribution is -0.121. The van der Waals surface area contributed by atoms with Crippen molar-refractivity contribution in [3.05, 3.63) is 46.2 Å². The standard InChI is InChI=1S/C20H23N3O3S/c1-3-23-17-8-7-15(11-14(17)6-9-20(23)26)22-19(25)12-16(21-13(2)24)18-5-4-10-27-18/h4-5,7-8,10-11,16H,3,6,9,12H2,1-2H3,(H,21,24)(H,22,25)/t16-/m0/s1. The van der Waals surface area contributed by atoms with Crippen LogP contribution >= 0.6 is 11.3 Å². The van der Waals surface area contributed by atoms with Crippen LogP contribution in [0.1, 0.15) is 43.2 Å². The quantitative estimate of drug-likeness (QED) is 0.801. The summed E-state index contributed by atoms with van der Waals surface area (Å²) in [6.45, 7) is 4.04. The van der Waals surface area contributed by atoms with Gasteiger partial charge in [0.25, 0.3) is 0 Å². The molecule has 1 atom stereocenters. The first kappa shape index (κ1) is 19.1. The van der Waals surface area contributed by atoms with Gasteiger partial charge in [-0.25, -0.2) is 0 Å². The molecule has 0 radical (unpaired) electrons. The summed E-state index contributed by atoms with van der Waals surface area (Å²) in [5.41, 5.74) is 2.68. The van der Waals surface area contributed by atoms with Crippen molar-refractivity contribution < 1.29 is 14.4 Å². The predicted molar refractivity (Wildman–Crippen MR) is 107 cm³/mol. The molecule has 6 nitrogen and oxygen atoms in total. The second kappa shape index (κ2) is 8.35. The molecule has 3 amide bonds. The summed E-state index contributed by atoms with van der Waals surface area (Å²) < 4.78 is 0. The molecule has 0 unspecified atom stereocenters. The number of anilines is 2. The van der Waals surface area contributed by atoms with Gasteiger partial charge in [0.1, 0.15) is 0 Å². The Hall–Kier alpha value is -2.67. The van der Waals surface area contributed by atoms with Crippen molar-refractivity contribution in [1.82, 2.24) is 5.32 Å². The van der Waals surface area contributed by atoms with Gasteiger partial charge in [-0.15, -0.1) is 11.3 Å². The van der Waals surface area contributed by atoms with Crippen molar-refractivity contribution in [2.24, 2.45) is 0 Å². The van der Waals surface area contributed by atoms with E-state index < -0.39 is 0 Å². The molecule has 0 spiro atoms. The van der Waals surface area contributed by atoms with Crippen molar-refractivity contribution in [2.45, 2.75) is 39.2 Å². The number of rotatable bonds is 6. The number of hydrogen-bond donors (Lipinski definition) is 2. The van der Waals surface area contributed by atoms with E-state index in [0.29, 0.717) is 25.1 Å². The molecule has 2 N–H and O–H groups in total. The second-order valence-electron chi connectivity index (χ2n) is 6.50. The molecule has 0 bridgehead atoms. The van der Waals surface area contributed by atoms with Crippen LogP contribution in [0.25, 0.3) is 0 Å². The molecule has 27 heavy (non-hydrogen) atoms. The van der Waals surface area contributed by atoms with E-state index in [1.807, 2.05) is 42.6 Å². The lowest BCUT2D eigenvalue weighted by atomic mass is 10.0. The maximum absolute atomic E-state index is 12.5. The van der Waals surface area contributed by atoms with Crippen LogP contribution in [0.5, 0.6) is 0 Å². The Bertz CT molecular complexity index is 848. The van der Waals surface area contributed by atoms with Gasteiger partial charge in [-0.2, -0.15) is 0 Å². The fraction of sp³-hybridized carbons (Fsp3) is 0.350. The lowest BCUT2D eigenvalue weighted by Gasteiger charge is -2.28. The maximum atomic E-state index is 12.5. The predicted octanol–water partition coefficient (Wildman–Crippen LogP) is 3.25. The van der Waals surface area contributed by atoms with Crippen LogP contribution in [-0.2, 0) is 20.8 Å². The van der Waals surface area contributed by atoms with Gasteiger partial charge < -0.3 is 15.5 Å². The Kier molecular flexibility index (Phi) is 5.91. The highest BCUT2D eigenvalue weighted by atomic mass is 32.1. The van der Waals surface area contributed by atoms with Crippen LogP contribution in [0.3, 0.4) is 0 Å². The van der Waals surface area contributed by atoms with Crippen LogP contribution in [0.4, 0.5) is 11.4 Å². The average molecular weight is 385 g/mol. The molecule has 2 aromatic rings. The normalized spacial score (nSPS) is 14.4. The number of nitrogens with zero attached hydrogens (tertiary/aromatic N) is 1. The van der Waals surface area contributed by atoms with E-state index in [-0.39, 0.29) is 30.2 Å².